The molecule has 2 aliphatic rings. The normalized spacial score (nSPS) is 20.9. The molecule has 5 rings (SSSR count). The molecule has 0 aliphatic carbocycles. The second-order valence-corrected chi connectivity index (χ2v) is 9.56. The van der Waals surface area contributed by atoms with E-state index < -0.39 is 5.54 Å². The van der Waals surface area contributed by atoms with Crippen molar-refractivity contribution in [3.05, 3.63) is 86.1 Å². The van der Waals surface area contributed by atoms with Crippen LogP contribution in [0.4, 0.5) is 0 Å². The van der Waals surface area contributed by atoms with Crippen LogP contribution in [0.1, 0.15) is 29.7 Å². The third kappa shape index (κ3) is 3.20. The number of benzene rings is 2. The summed E-state index contributed by atoms with van der Waals surface area (Å²) in [5, 5.41) is 8.29. The number of carbonyl (C=O) groups is 1. The molecule has 7 heteroatoms. The van der Waals surface area contributed by atoms with Gasteiger partial charge >= 0.3 is 0 Å². The molecule has 1 amide bonds. The molecule has 1 saturated heterocycles. The lowest BCUT2D eigenvalue weighted by Crippen LogP contribution is -2.44. The lowest BCUT2D eigenvalue weighted by molar-refractivity contribution is -0.126. The first-order valence-corrected chi connectivity index (χ1v) is 11.3. The van der Waals surface area contributed by atoms with E-state index in [0.29, 0.717) is 15.6 Å². The van der Waals surface area contributed by atoms with Gasteiger partial charge in [0.2, 0.25) is 0 Å². The Bertz CT molecular complexity index is 1140. The van der Waals surface area contributed by atoms with E-state index in [0.717, 1.165) is 47.1 Å². The first kappa shape index (κ1) is 19.9. The first-order valence-electron chi connectivity index (χ1n) is 9.75. The van der Waals surface area contributed by atoms with Crippen LogP contribution in [0.25, 0.3) is 11.1 Å². The molecule has 3 heterocycles. The largest absolute Gasteiger partial charge is 0.328 e. The summed E-state index contributed by atoms with van der Waals surface area (Å²) >= 11 is 16.1. The van der Waals surface area contributed by atoms with Crippen molar-refractivity contribution in [2.45, 2.75) is 24.8 Å². The molecule has 2 aromatic carbocycles. The van der Waals surface area contributed by atoms with Crippen molar-refractivity contribution in [1.29, 1.82) is 0 Å². The molecule has 30 heavy (non-hydrogen) atoms. The predicted molar refractivity (Wildman–Crippen MR) is 123 cm³/mol. The van der Waals surface area contributed by atoms with Crippen LogP contribution >= 0.6 is 39.1 Å². The number of nitrogens with one attached hydrogen (secondary N) is 1. The molecule has 1 fully saturated rings. The standard InChI is InChI=1S/C23H18BrCl2N3O/c24-16-4-2-14(3-5-16)13-23-7-1-9-29(23)22(30)20(21(23)19-6-8-27-28-19)15-10-17(25)12-18(26)11-15/h2-6,8,10-12H,1,7,9,13H2,(H,27,28)/t23-/m1/s1. The highest BCUT2D eigenvalue weighted by atomic mass is 79.9. The number of H-pyrrole nitrogens is 1. The SMILES string of the molecule is O=C1C(c2cc(Cl)cc(Cl)c2)=C(c2ccn[nH]2)[C@]2(Cc3ccc(Br)cc3)CCCN12. The van der Waals surface area contributed by atoms with Crippen LogP contribution < -0.4 is 0 Å². The van der Waals surface area contributed by atoms with Crippen molar-refractivity contribution in [3.63, 3.8) is 0 Å². The fourth-order valence-electron chi connectivity index (χ4n) is 4.87. The van der Waals surface area contributed by atoms with Gasteiger partial charge in [-0.1, -0.05) is 51.3 Å². The van der Waals surface area contributed by atoms with E-state index in [4.69, 9.17) is 23.2 Å². The summed E-state index contributed by atoms with van der Waals surface area (Å²) < 4.78 is 1.04. The van der Waals surface area contributed by atoms with Crippen molar-refractivity contribution >= 4 is 56.2 Å². The van der Waals surface area contributed by atoms with Gasteiger partial charge in [-0.05, 0) is 60.4 Å². The van der Waals surface area contributed by atoms with Gasteiger partial charge in [-0.3, -0.25) is 9.89 Å². The number of rotatable bonds is 4. The lowest BCUT2D eigenvalue weighted by Gasteiger charge is -2.35. The van der Waals surface area contributed by atoms with E-state index in [-0.39, 0.29) is 5.91 Å². The van der Waals surface area contributed by atoms with Gasteiger partial charge in [0.25, 0.3) is 5.91 Å². The third-order valence-electron chi connectivity index (χ3n) is 5.99. The molecule has 1 aromatic heterocycles. The molecule has 1 N–H and O–H groups in total. The van der Waals surface area contributed by atoms with Crippen LogP contribution in [-0.2, 0) is 11.2 Å². The van der Waals surface area contributed by atoms with Gasteiger partial charge in [0.15, 0.2) is 0 Å². The van der Waals surface area contributed by atoms with Crippen LogP contribution in [-0.4, -0.2) is 33.1 Å². The Morgan fingerprint density at radius 2 is 1.83 bits per heavy atom. The van der Waals surface area contributed by atoms with Crippen LogP contribution in [0, 0.1) is 0 Å². The Labute approximate surface area is 193 Å². The minimum atomic E-state index is -0.429. The Morgan fingerprint density at radius 1 is 1.10 bits per heavy atom. The molecule has 0 radical (unpaired) electrons. The Hall–Kier alpha value is -2.08. The zero-order valence-corrected chi connectivity index (χ0v) is 19.1. The predicted octanol–water partition coefficient (Wildman–Crippen LogP) is 6.01. The van der Waals surface area contributed by atoms with Gasteiger partial charge in [0.1, 0.15) is 0 Å². The number of aromatic nitrogens is 2. The van der Waals surface area contributed by atoms with Crippen LogP contribution in [0.5, 0.6) is 0 Å². The van der Waals surface area contributed by atoms with E-state index in [1.54, 1.807) is 12.3 Å². The number of hydrogen-bond donors (Lipinski definition) is 1. The topological polar surface area (TPSA) is 49.0 Å². The molecule has 2 aliphatic heterocycles. The van der Waals surface area contributed by atoms with Crippen molar-refractivity contribution < 1.29 is 4.79 Å². The van der Waals surface area contributed by atoms with E-state index >= 15 is 0 Å². The van der Waals surface area contributed by atoms with E-state index in [1.807, 2.05) is 35.2 Å². The second kappa shape index (κ2) is 7.56. The average molecular weight is 503 g/mol. The summed E-state index contributed by atoms with van der Waals surface area (Å²) in [5.74, 6) is 0.0209. The Kier molecular flexibility index (Phi) is 5.00. The molecule has 0 saturated carbocycles. The Morgan fingerprint density at radius 3 is 2.50 bits per heavy atom. The number of aromatic amines is 1. The van der Waals surface area contributed by atoms with E-state index in [9.17, 15) is 4.79 Å². The fraction of sp³-hybridized carbons (Fsp3) is 0.217. The molecule has 0 bridgehead atoms. The van der Waals surface area contributed by atoms with Crippen molar-refractivity contribution in [2.24, 2.45) is 0 Å². The van der Waals surface area contributed by atoms with Crippen molar-refractivity contribution in [2.75, 3.05) is 6.54 Å². The van der Waals surface area contributed by atoms with Crippen LogP contribution in [0.3, 0.4) is 0 Å². The maximum atomic E-state index is 13.7. The Balaban J connectivity index is 1.74. The molecular weight excluding hydrogens is 485 g/mol. The van der Waals surface area contributed by atoms with Crippen molar-refractivity contribution in [1.82, 2.24) is 15.1 Å². The zero-order valence-electron chi connectivity index (χ0n) is 16.0. The number of fused-ring (bicyclic) bond motifs is 1. The number of amides is 1. The summed E-state index contributed by atoms with van der Waals surface area (Å²) in [7, 11) is 0. The molecule has 3 aromatic rings. The highest BCUT2D eigenvalue weighted by Gasteiger charge is 2.54. The fourth-order valence-corrected chi connectivity index (χ4v) is 5.66. The maximum Gasteiger partial charge on any atom is 0.255 e. The molecule has 1 atom stereocenters. The molecule has 0 spiro atoms. The molecule has 4 nitrogen and oxygen atoms in total. The van der Waals surface area contributed by atoms with Gasteiger partial charge in [0.05, 0.1) is 16.8 Å². The van der Waals surface area contributed by atoms with Gasteiger partial charge in [-0.15, -0.1) is 0 Å². The summed E-state index contributed by atoms with van der Waals surface area (Å²) in [4.78, 5) is 15.7. The summed E-state index contributed by atoms with van der Waals surface area (Å²) in [6.45, 7) is 0.727. The summed E-state index contributed by atoms with van der Waals surface area (Å²) in [6, 6.07) is 15.5. The monoisotopic (exact) mass is 501 g/mol. The minimum absolute atomic E-state index is 0.0209. The highest BCUT2D eigenvalue weighted by molar-refractivity contribution is 9.10. The second-order valence-electron chi connectivity index (χ2n) is 7.77. The van der Waals surface area contributed by atoms with Crippen LogP contribution in [0.15, 0.2) is 59.2 Å². The molecule has 0 unspecified atom stereocenters. The number of hydrogen-bond acceptors (Lipinski definition) is 2. The summed E-state index contributed by atoms with van der Waals surface area (Å²) in [6.07, 6.45) is 4.31. The highest BCUT2D eigenvalue weighted by Crippen LogP contribution is 2.52. The van der Waals surface area contributed by atoms with Crippen molar-refractivity contribution in [3.8, 4) is 0 Å². The van der Waals surface area contributed by atoms with Crippen LogP contribution in [0.2, 0.25) is 10.0 Å². The number of halogens is 3. The smallest absolute Gasteiger partial charge is 0.255 e. The summed E-state index contributed by atoms with van der Waals surface area (Å²) in [5.41, 5.74) is 3.98. The molecular formula is C23H18BrCl2N3O. The van der Waals surface area contributed by atoms with Gasteiger partial charge in [-0.25, -0.2) is 0 Å². The quantitative estimate of drug-likeness (QED) is 0.475. The van der Waals surface area contributed by atoms with E-state index in [1.165, 1.54) is 5.56 Å². The first-order chi connectivity index (χ1) is 14.5. The average Bonchev–Trinajstić information content (AvgIpc) is 3.40. The lowest BCUT2D eigenvalue weighted by atomic mass is 9.79. The van der Waals surface area contributed by atoms with E-state index in [2.05, 4.69) is 38.3 Å². The maximum absolute atomic E-state index is 13.7. The number of nitrogens with zero attached hydrogens (tertiary/aromatic N) is 2. The molecule has 152 valence electrons. The number of carbonyl (C=O) groups excluding carboxylic acids is 1. The minimum Gasteiger partial charge on any atom is -0.328 e. The van der Waals surface area contributed by atoms with Gasteiger partial charge in [-0.2, -0.15) is 5.10 Å². The van der Waals surface area contributed by atoms with Gasteiger partial charge < -0.3 is 4.90 Å². The third-order valence-corrected chi connectivity index (χ3v) is 6.96. The zero-order chi connectivity index (χ0) is 20.9. The van der Waals surface area contributed by atoms with Gasteiger partial charge in [0, 0.05) is 39.3 Å².